The molecule has 0 fully saturated rings. The molecule has 1 amide bonds. The Labute approximate surface area is 162 Å². The number of nitrogens with one attached hydrogen (secondary N) is 1. The van der Waals surface area contributed by atoms with Crippen LogP contribution >= 0.6 is 0 Å². The second-order valence-electron chi connectivity index (χ2n) is 6.42. The van der Waals surface area contributed by atoms with Crippen molar-refractivity contribution in [2.75, 3.05) is 13.2 Å². The van der Waals surface area contributed by atoms with Gasteiger partial charge in [0.05, 0.1) is 11.5 Å². The predicted octanol–water partition coefficient (Wildman–Crippen LogP) is 3.01. The molecule has 0 unspecified atom stereocenters. The fraction of sp³-hybridized carbons (Fsp3) is 0.350. The van der Waals surface area contributed by atoms with E-state index in [0.29, 0.717) is 12.4 Å². The van der Waals surface area contributed by atoms with Gasteiger partial charge in [0.2, 0.25) is 0 Å². The third-order valence-corrected chi connectivity index (χ3v) is 4.28. The van der Waals surface area contributed by atoms with E-state index in [1.165, 1.54) is 18.2 Å². The summed E-state index contributed by atoms with van der Waals surface area (Å²) in [5.41, 5.74) is 1.71. The minimum Gasteiger partial charge on any atom is -0.494 e. The van der Waals surface area contributed by atoms with Crippen LogP contribution in [0.4, 0.5) is 5.69 Å². The van der Waals surface area contributed by atoms with Gasteiger partial charge in [0.25, 0.3) is 5.91 Å². The Hall–Kier alpha value is -3.29. The number of ether oxygens (including phenoxy) is 3. The summed E-state index contributed by atoms with van der Waals surface area (Å²) >= 11 is 0. The molecule has 1 heterocycles. The Bertz CT molecular complexity index is 883. The van der Waals surface area contributed by atoms with Gasteiger partial charge in [-0.3, -0.25) is 14.9 Å². The first-order valence-corrected chi connectivity index (χ1v) is 9.06. The Morgan fingerprint density at radius 3 is 2.82 bits per heavy atom. The van der Waals surface area contributed by atoms with E-state index in [-0.39, 0.29) is 30.7 Å². The summed E-state index contributed by atoms with van der Waals surface area (Å²) in [6.07, 6.45) is 0.940. The van der Waals surface area contributed by atoms with Crippen LogP contribution in [0.25, 0.3) is 0 Å². The Kier molecular flexibility index (Phi) is 5.98. The van der Waals surface area contributed by atoms with Crippen LogP contribution < -0.4 is 19.5 Å². The third-order valence-electron chi connectivity index (χ3n) is 4.28. The van der Waals surface area contributed by atoms with Gasteiger partial charge in [-0.25, -0.2) is 0 Å². The first-order valence-electron chi connectivity index (χ1n) is 9.06. The van der Waals surface area contributed by atoms with Gasteiger partial charge in [-0.1, -0.05) is 12.1 Å². The lowest BCUT2D eigenvalue weighted by Gasteiger charge is -2.13. The van der Waals surface area contributed by atoms with Crippen molar-refractivity contribution in [2.24, 2.45) is 0 Å². The molecule has 0 radical (unpaired) electrons. The summed E-state index contributed by atoms with van der Waals surface area (Å²) < 4.78 is 16.8. The van der Waals surface area contributed by atoms with Crippen LogP contribution in [-0.2, 0) is 17.8 Å². The van der Waals surface area contributed by atoms with Crippen molar-refractivity contribution in [2.45, 2.75) is 32.9 Å². The van der Waals surface area contributed by atoms with E-state index in [9.17, 15) is 14.9 Å². The van der Waals surface area contributed by atoms with Crippen molar-refractivity contribution < 1.29 is 23.9 Å². The number of rotatable bonds is 8. The topological polar surface area (TPSA) is 99.9 Å². The number of carbonyl (C=O) groups is 1. The Balaban J connectivity index is 1.62. The van der Waals surface area contributed by atoms with E-state index in [4.69, 9.17) is 14.2 Å². The molecule has 3 rings (SSSR count). The zero-order valence-electron chi connectivity index (χ0n) is 15.8. The Morgan fingerprint density at radius 1 is 1.29 bits per heavy atom. The smallest absolute Gasteiger partial charge is 0.310 e. The summed E-state index contributed by atoms with van der Waals surface area (Å²) in [5.74, 6) is 1.17. The molecule has 8 nitrogen and oxygen atoms in total. The van der Waals surface area contributed by atoms with Crippen LogP contribution in [0.15, 0.2) is 36.4 Å². The molecule has 0 saturated heterocycles. The highest BCUT2D eigenvalue weighted by molar-refractivity contribution is 5.77. The van der Waals surface area contributed by atoms with Crippen molar-refractivity contribution in [1.29, 1.82) is 0 Å². The van der Waals surface area contributed by atoms with Crippen LogP contribution in [0.5, 0.6) is 17.2 Å². The number of para-hydroxylation sites is 2. The molecule has 148 valence electrons. The van der Waals surface area contributed by atoms with Crippen LogP contribution in [0.2, 0.25) is 0 Å². The second kappa shape index (κ2) is 8.60. The van der Waals surface area contributed by atoms with Crippen LogP contribution in [0.3, 0.4) is 0 Å². The molecule has 1 aliphatic heterocycles. The van der Waals surface area contributed by atoms with Crippen molar-refractivity contribution in [1.82, 2.24) is 5.32 Å². The molecule has 0 aliphatic carbocycles. The number of fused-ring (bicyclic) bond motifs is 1. The summed E-state index contributed by atoms with van der Waals surface area (Å²) in [6, 6.07) is 9.77. The summed E-state index contributed by atoms with van der Waals surface area (Å²) in [4.78, 5) is 22.6. The first kappa shape index (κ1) is 19.5. The number of benzene rings is 2. The van der Waals surface area contributed by atoms with E-state index in [0.717, 1.165) is 23.3 Å². The molecule has 2 aromatic rings. The van der Waals surface area contributed by atoms with E-state index >= 15 is 0 Å². The summed E-state index contributed by atoms with van der Waals surface area (Å²) in [6.45, 7) is 4.32. The number of amides is 1. The molecule has 0 saturated carbocycles. The zero-order valence-corrected chi connectivity index (χ0v) is 15.8. The minimum atomic E-state index is -0.548. The van der Waals surface area contributed by atoms with Crippen LogP contribution in [0.1, 0.15) is 25.0 Å². The van der Waals surface area contributed by atoms with E-state index < -0.39 is 10.8 Å². The molecule has 1 N–H and O–H groups in total. The molecule has 1 aliphatic rings. The molecular formula is C20H22N2O6. The van der Waals surface area contributed by atoms with E-state index in [1.54, 1.807) is 6.07 Å². The largest absolute Gasteiger partial charge is 0.494 e. The van der Waals surface area contributed by atoms with Gasteiger partial charge in [-0.2, -0.15) is 0 Å². The lowest BCUT2D eigenvalue weighted by molar-refractivity contribution is -0.385. The molecule has 1 atom stereocenters. The summed E-state index contributed by atoms with van der Waals surface area (Å²) in [5, 5.41) is 13.7. The quantitative estimate of drug-likeness (QED) is 0.553. The zero-order chi connectivity index (χ0) is 20.1. The lowest BCUT2D eigenvalue weighted by Crippen LogP contribution is -2.28. The molecular weight excluding hydrogens is 364 g/mol. The minimum absolute atomic E-state index is 0.0533. The monoisotopic (exact) mass is 386 g/mol. The van der Waals surface area contributed by atoms with Gasteiger partial charge in [-0.15, -0.1) is 0 Å². The SMILES string of the molecule is CCOc1cc2c(cc1CNC(=O)COc1ccccc1[N+](=O)[O-])O[C@H](C)C2. The number of nitro groups is 1. The fourth-order valence-electron chi connectivity index (χ4n) is 3.03. The van der Waals surface area contributed by atoms with E-state index in [1.807, 2.05) is 26.0 Å². The maximum absolute atomic E-state index is 12.1. The highest BCUT2D eigenvalue weighted by Gasteiger charge is 2.22. The van der Waals surface area contributed by atoms with Crippen molar-refractivity contribution in [3.8, 4) is 17.2 Å². The number of carbonyl (C=O) groups excluding carboxylic acids is 1. The highest BCUT2D eigenvalue weighted by Crippen LogP contribution is 2.35. The standard InChI is InChI=1S/C20H22N2O6/c1-3-26-18-9-14-8-13(2)28-19(14)10-15(18)11-21-20(23)12-27-17-7-5-4-6-16(17)22(24)25/h4-7,9-10,13H,3,8,11-12H2,1-2H3,(H,21,23)/t13-/m1/s1. The maximum Gasteiger partial charge on any atom is 0.310 e. The van der Waals surface area contributed by atoms with Gasteiger partial charge < -0.3 is 19.5 Å². The van der Waals surface area contributed by atoms with Gasteiger partial charge in [0.15, 0.2) is 12.4 Å². The van der Waals surface area contributed by atoms with Gasteiger partial charge in [0.1, 0.15) is 17.6 Å². The number of hydrogen-bond donors (Lipinski definition) is 1. The Morgan fingerprint density at radius 2 is 2.07 bits per heavy atom. The average molecular weight is 386 g/mol. The molecule has 28 heavy (non-hydrogen) atoms. The molecule has 0 aromatic heterocycles. The average Bonchev–Trinajstić information content (AvgIpc) is 3.03. The van der Waals surface area contributed by atoms with Crippen molar-refractivity contribution in [3.63, 3.8) is 0 Å². The highest BCUT2D eigenvalue weighted by atomic mass is 16.6. The van der Waals surface area contributed by atoms with Gasteiger partial charge in [-0.05, 0) is 32.0 Å². The maximum atomic E-state index is 12.1. The molecule has 2 aromatic carbocycles. The lowest BCUT2D eigenvalue weighted by atomic mass is 10.1. The first-order chi connectivity index (χ1) is 13.5. The van der Waals surface area contributed by atoms with Crippen LogP contribution in [0, 0.1) is 10.1 Å². The number of hydrogen-bond acceptors (Lipinski definition) is 6. The van der Waals surface area contributed by atoms with Crippen LogP contribution in [-0.4, -0.2) is 30.1 Å². The van der Waals surface area contributed by atoms with Crippen molar-refractivity contribution >= 4 is 11.6 Å². The van der Waals surface area contributed by atoms with Crippen molar-refractivity contribution in [3.05, 3.63) is 57.6 Å². The van der Waals surface area contributed by atoms with Gasteiger partial charge in [0, 0.05) is 30.2 Å². The van der Waals surface area contributed by atoms with E-state index in [2.05, 4.69) is 5.32 Å². The molecule has 0 spiro atoms. The third kappa shape index (κ3) is 4.51. The second-order valence-corrected chi connectivity index (χ2v) is 6.42. The fourth-order valence-corrected chi connectivity index (χ4v) is 3.03. The van der Waals surface area contributed by atoms with Gasteiger partial charge >= 0.3 is 5.69 Å². The number of nitrogens with zero attached hydrogens (tertiary/aromatic N) is 1. The predicted molar refractivity (Wildman–Crippen MR) is 102 cm³/mol. The molecule has 0 bridgehead atoms. The normalized spacial score (nSPS) is 14.7. The summed E-state index contributed by atoms with van der Waals surface area (Å²) in [7, 11) is 0. The number of nitro benzene ring substituents is 1. The molecule has 8 heteroatoms.